The minimum absolute atomic E-state index is 0. The maximum Gasteiger partial charge on any atom is 0.287 e. The Balaban J connectivity index is 0.00000160. The van der Waals surface area contributed by atoms with Gasteiger partial charge in [-0.1, -0.05) is 18.2 Å². The number of furan rings is 1. The summed E-state index contributed by atoms with van der Waals surface area (Å²) in [6.45, 7) is 8.91. The van der Waals surface area contributed by atoms with Gasteiger partial charge in [-0.2, -0.15) is 0 Å². The number of rotatable bonds is 7. The normalized spacial score (nSPS) is 18.3. The van der Waals surface area contributed by atoms with Crippen LogP contribution in [0.15, 0.2) is 41.0 Å². The van der Waals surface area contributed by atoms with Crippen LogP contribution >= 0.6 is 24.8 Å². The largest absolute Gasteiger partial charge is 0.459 e. The first-order valence-corrected chi connectivity index (χ1v) is 10.3. The second-order valence-corrected chi connectivity index (χ2v) is 7.79. The number of benzene rings is 1. The zero-order chi connectivity index (χ0) is 19.3. The van der Waals surface area contributed by atoms with E-state index in [-0.39, 0.29) is 30.7 Å². The molecule has 2 N–H and O–H groups in total. The van der Waals surface area contributed by atoms with E-state index in [1.165, 1.54) is 11.3 Å². The van der Waals surface area contributed by atoms with Gasteiger partial charge in [-0.3, -0.25) is 4.79 Å². The molecule has 1 fully saturated rings. The van der Waals surface area contributed by atoms with Crippen molar-refractivity contribution in [3.05, 3.63) is 53.5 Å². The zero-order valence-electron chi connectivity index (χ0n) is 17.4. The molecule has 0 radical (unpaired) electrons. The summed E-state index contributed by atoms with van der Waals surface area (Å²) in [5.74, 6) is 0.333. The Bertz CT molecular complexity index is 808. The number of carbonyl (C=O) groups is 1. The number of anilines is 1. The van der Waals surface area contributed by atoms with E-state index >= 15 is 0 Å². The number of carbonyl (C=O) groups excluding carboxylic acids is 1. The molecular weight excluding hydrogens is 423 g/mol. The second kappa shape index (κ2) is 11.6. The Kier molecular flexibility index (Phi) is 9.49. The third-order valence-corrected chi connectivity index (χ3v) is 5.79. The smallest absolute Gasteiger partial charge is 0.287 e. The number of halogens is 2. The highest BCUT2D eigenvalue weighted by Crippen LogP contribution is 2.33. The summed E-state index contributed by atoms with van der Waals surface area (Å²) >= 11 is 0. The molecule has 2 aliphatic heterocycles. The molecular formula is C22H32Cl2N4O2. The number of amides is 1. The predicted molar refractivity (Wildman–Crippen MR) is 125 cm³/mol. The van der Waals surface area contributed by atoms with Crippen molar-refractivity contribution in [2.24, 2.45) is 0 Å². The van der Waals surface area contributed by atoms with Crippen molar-refractivity contribution in [1.29, 1.82) is 0 Å². The highest BCUT2D eigenvalue weighted by molar-refractivity contribution is 5.93. The number of piperazine rings is 1. The monoisotopic (exact) mass is 454 g/mol. The number of nitrogens with one attached hydrogen (secondary N) is 2. The molecule has 6 nitrogen and oxygen atoms in total. The van der Waals surface area contributed by atoms with Crippen LogP contribution in [0.3, 0.4) is 0 Å². The SMILES string of the molecule is CC1Cc2ccccc2N1Cc1ccoc1C(=O)NCCCN1CCNCC1.Cl.Cl. The number of hydrogen-bond donors (Lipinski definition) is 2. The molecule has 1 aromatic carbocycles. The molecule has 0 spiro atoms. The Morgan fingerprint density at radius 2 is 1.97 bits per heavy atom. The van der Waals surface area contributed by atoms with Crippen LogP contribution in [0, 0.1) is 0 Å². The average Bonchev–Trinajstić information content (AvgIpc) is 3.31. The van der Waals surface area contributed by atoms with Gasteiger partial charge in [0.2, 0.25) is 0 Å². The molecule has 1 unspecified atom stereocenters. The van der Waals surface area contributed by atoms with Crippen molar-refractivity contribution < 1.29 is 9.21 Å². The summed E-state index contributed by atoms with van der Waals surface area (Å²) < 4.78 is 5.55. The molecule has 1 saturated heterocycles. The lowest BCUT2D eigenvalue weighted by atomic mass is 10.1. The third-order valence-electron chi connectivity index (χ3n) is 5.79. The molecule has 3 heterocycles. The van der Waals surface area contributed by atoms with E-state index in [1.807, 2.05) is 6.07 Å². The van der Waals surface area contributed by atoms with Crippen molar-refractivity contribution in [3.8, 4) is 0 Å². The van der Waals surface area contributed by atoms with Crippen LogP contribution in [0.1, 0.15) is 35.0 Å². The molecule has 0 aliphatic carbocycles. The zero-order valence-corrected chi connectivity index (χ0v) is 19.1. The molecule has 0 bridgehead atoms. The van der Waals surface area contributed by atoms with Crippen molar-refractivity contribution >= 4 is 36.4 Å². The summed E-state index contributed by atoms with van der Waals surface area (Å²) in [6, 6.07) is 10.9. The van der Waals surface area contributed by atoms with Crippen molar-refractivity contribution in [2.75, 3.05) is 44.2 Å². The fraction of sp³-hybridized carbons (Fsp3) is 0.500. The molecule has 8 heteroatoms. The quantitative estimate of drug-likeness (QED) is 0.629. The highest BCUT2D eigenvalue weighted by atomic mass is 35.5. The Hall–Kier alpha value is -1.73. The fourth-order valence-electron chi connectivity index (χ4n) is 4.23. The number of hydrogen-bond acceptors (Lipinski definition) is 5. The fourth-order valence-corrected chi connectivity index (χ4v) is 4.23. The van der Waals surface area contributed by atoms with Gasteiger partial charge in [-0.15, -0.1) is 24.8 Å². The first-order chi connectivity index (χ1) is 13.7. The van der Waals surface area contributed by atoms with Gasteiger partial charge in [-0.25, -0.2) is 0 Å². The summed E-state index contributed by atoms with van der Waals surface area (Å²) in [5.41, 5.74) is 3.58. The van der Waals surface area contributed by atoms with E-state index in [1.54, 1.807) is 6.26 Å². The standard InChI is InChI=1S/C22H30N4O2.2ClH/c1-17-15-18-5-2-3-6-20(18)26(17)16-19-7-14-28-21(19)22(27)24-8-4-11-25-12-9-23-10-13-25;;/h2-3,5-7,14,17,23H,4,8-13,15-16H2,1H3,(H,24,27);2*1H. The minimum atomic E-state index is -0.111. The molecule has 166 valence electrons. The van der Waals surface area contributed by atoms with Crippen LogP contribution < -0.4 is 15.5 Å². The second-order valence-electron chi connectivity index (χ2n) is 7.79. The van der Waals surface area contributed by atoms with E-state index in [0.29, 0.717) is 24.9 Å². The third kappa shape index (κ3) is 5.70. The van der Waals surface area contributed by atoms with Crippen LogP contribution in [0.5, 0.6) is 0 Å². The van der Waals surface area contributed by atoms with Crippen molar-refractivity contribution in [3.63, 3.8) is 0 Å². The van der Waals surface area contributed by atoms with Gasteiger partial charge in [-0.05, 0) is 44.0 Å². The summed E-state index contributed by atoms with van der Waals surface area (Å²) in [7, 11) is 0. The Morgan fingerprint density at radius 3 is 2.77 bits per heavy atom. The topological polar surface area (TPSA) is 60.8 Å². The number of fused-ring (bicyclic) bond motifs is 1. The Morgan fingerprint density at radius 1 is 1.20 bits per heavy atom. The average molecular weight is 455 g/mol. The van der Waals surface area contributed by atoms with Gasteiger partial charge in [0.25, 0.3) is 5.91 Å². The van der Waals surface area contributed by atoms with Crippen LogP contribution in [0.2, 0.25) is 0 Å². The summed E-state index contributed by atoms with van der Waals surface area (Å²) in [6.07, 6.45) is 3.62. The van der Waals surface area contributed by atoms with Crippen LogP contribution in [0.25, 0.3) is 0 Å². The number of nitrogens with zero attached hydrogens (tertiary/aromatic N) is 2. The predicted octanol–water partition coefficient (Wildman–Crippen LogP) is 3.10. The van der Waals surface area contributed by atoms with Crippen molar-refractivity contribution in [2.45, 2.75) is 32.4 Å². The van der Waals surface area contributed by atoms with Gasteiger partial charge < -0.3 is 24.9 Å². The van der Waals surface area contributed by atoms with Gasteiger partial charge in [0, 0.05) is 56.6 Å². The maximum absolute atomic E-state index is 12.6. The highest BCUT2D eigenvalue weighted by Gasteiger charge is 2.27. The molecule has 30 heavy (non-hydrogen) atoms. The maximum atomic E-state index is 12.6. The van der Waals surface area contributed by atoms with Gasteiger partial charge in [0.15, 0.2) is 5.76 Å². The molecule has 0 saturated carbocycles. The van der Waals surface area contributed by atoms with Crippen molar-refractivity contribution in [1.82, 2.24) is 15.5 Å². The van der Waals surface area contributed by atoms with Gasteiger partial charge in [0.1, 0.15) is 0 Å². The van der Waals surface area contributed by atoms with E-state index in [0.717, 1.165) is 51.1 Å². The molecule has 1 aromatic heterocycles. The first-order valence-electron chi connectivity index (χ1n) is 10.3. The number of para-hydroxylation sites is 1. The molecule has 4 rings (SSSR count). The van der Waals surface area contributed by atoms with E-state index in [2.05, 4.69) is 51.6 Å². The van der Waals surface area contributed by atoms with Crippen LogP contribution in [-0.2, 0) is 13.0 Å². The summed E-state index contributed by atoms with van der Waals surface area (Å²) in [4.78, 5) is 17.4. The lowest BCUT2D eigenvalue weighted by Crippen LogP contribution is -2.44. The molecule has 1 amide bonds. The van der Waals surface area contributed by atoms with Crippen LogP contribution in [-0.4, -0.2) is 56.1 Å². The molecule has 2 aromatic rings. The van der Waals surface area contributed by atoms with Gasteiger partial charge >= 0.3 is 0 Å². The Labute approximate surface area is 191 Å². The minimum Gasteiger partial charge on any atom is -0.459 e. The van der Waals surface area contributed by atoms with E-state index in [4.69, 9.17) is 4.42 Å². The van der Waals surface area contributed by atoms with Gasteiger partial charge in [0.05, 0.1) is 6.26 Å². The lowest BCUT2D eigenvalue weighted by molar-refractivity contribution is 0.0922. The molecule has 2 aliphatic rings. The lowest BCUT2D eigenvalue weighted by Gasteiger charge is -2.27. The van der Waals surface area contributed by atoms with E-state index < -0.39 is 0 Å². The van der Waals surface area contributed by atoms with Crippen LogP contribution in [0.4, 0.5) is 5.69 Å². The van der Waals surface area contributed by atoms with E-state index in [9.17, 15) is 4.79 Å². The first kappa shape index (κ1) is 24.5. The molecule has 1 atom stereocenters. The summed E-state index contributed by atoms with van der Waals surface area (Å²) in [5, 5.41) is 6.39.